The second-order valence-corrected chi connectivity index (χ2v) is 5.11. The number of anilines is 1. The van der Waals surface area contributed by atoms with Crippen molar-refractivity contribution in [1.29, 1.82) is 0 Å². The molecule has 6 nitrogen and oxygen atoms in total. The van der Waals surface area contributed by atoms with Crippen LogP contribution < -0.4 is 20.7 Å². The van der Waals surface area contributed by atoms with Crippen molar-refractivity contribution >= 4 is 17.6 Å². The molecule has 9 heteroatoms. The van der Waals surface area contributed by atoms with Crippen molar-refractivity contribution in [3.8, 4) is 11.5 Å². The zero-order chi connectivity index (χ0) is 19.0. The average Bonchev–Trinajstić information content (AvgIpc) is 2.59. The summed E-state index contributed by atoms with van der Waals surface area (Å²) in [7, 11) is 0. The number of rotatable bonds is 6. The summed E-state index contributed by atoms with van der Waals surface area (Å²) < 4.78 is 41.7. The predicted octanol–water partition coefficient (Wildman–Crippen LogP) is 3.28. The van der Waals surface area contributed by atoms with E-state index in [0.29, 0.717) is 17.2 Å². The Morgan fingerprint density at radius 1 is 0.962 bits per heavy atom. The number of alkyl halides is 3. The van der Waals surface area contributed by atoms with E-state index >= 15 is 0 Å². The highest BCUT2D eigenvalue weighted by Crippen LogP contribution is 2.28. The van der Waals surface area contributed by atoms with Gasteiger partial charge in [0.1, 0.15) is 12.3 Å². The van der Waals surface area contributed by atoms with Gasteiger partial charge in [0.25, 0.3) is 0 Å². The summed E-state index contributed by atoms with van der Waals surface area (Å²) >= 11 is 0. The first-order valence-electron chi connectivity index (χ1n) is 7.54. The topological polar surface area (TPSA) is 79.5 Å². The fourth-order valence-electron chi connectivity index (χ4n) is 1.89. The number of ether oxygens (including phenoxy) is 1. The molecule has 3 N–H and O–H groups in total. The summed E-state index contributed by atoms with van der Waals surface area (Å²) in [5, 5.41) is 6.12. The van der Waals surface area contributed by atoms with Gasteiger partial charge in [0.15, 0.2) is 5.75 Å². The van der Waals surface area contributed by atoms with Crippen LogP contribution in [0.15, 0.2) is 54.6 Å². The minimum absolute atomic E-state index is 0.325. The predicted molar refractivity (Wildman–Crippen MR) is 89.0 cm³/mol. The quantitative estimate of drug-likeness (QED) is 0.732. The van der Waals surface area contributed by atoms with Gasteiger partial charge in [-0.1, -0.05) is 30.3 Å². The van der Waals surface area contributed by atoms with Crippen LogP contribution in [0.5, 0.6) is 11.5 Å². The first kappa shape index (κ1) is 19.1. The maximum Gasteiger partial charge on any atom is 0.405 e. The fraction of sp³-hybridized carbons (Fsp3) is 0.176. The van der Waals surface area contributed by atoms with Crippen LogP contribution in [0.1, 0.15) is 0 Å². The van der Waals surface area contributed by atoms with Crippen LogP contribution in [0.2, 0.25) is 0 Å². The van der Waals surface area contributed by atoms with E-state index in [1.165, 1.54) is 0 Å². The van der Waals surface area contributed by atoms with E-state index in [-0.39, 0.29) is 6.54 Å². The lowest BCUT2D eigenvalue weighted by molar-refractivity contribution is -0.124. The molecule has 0 saturated carbocycles. The van der Waals surface area contributed by atoms with E-state index < -0.39 is 24.7 Å². The van der Waals surface area contributed by atoms with Crippen molar-refractivity contribution in [1.82, 2.24) is 10.6 Å². The Morgan fingerprint density at radius 3 is 2.31 bits per heavy atom. The molecule has 2 aromatic carbocycles. The Bertz CT molecular complexity index is 752. The van der Waals surface area contributed by atoms with Crippen molar-refractivity contribution in [3.63, 3.8) is 0 Å². The molecule has 0 aliphatic heterocycles. The smallest absolute Gasteiger partial charge is 0.405 e. The fourth-order valence-corrected chi connectivity index (χ4v) is 1.89. The summed E-state index contributed by atoms with van der Waals surface area (Å²) in [6.45, 7) is -1.85. The van der Waals surface area contributed by atoms with Gasteiger partial charge in [-0.3, -0.25) is 10.1 Å². The molecule has 2 rings (SSSR count). The van der Waals surface area contributed by atoms with E-state index in [0.717, 1.165) is 0 Å². The minimum Gasteiger partial charge on any atom is -0.455 e. The second kappa shape index (κ2) is 8.75. The van der Waals surface area contributed by atoms with Gasteiger partial charge < -0.3 is 15.4 Å². The van der Waals surface area contributed by atoms with Crippen molar-refractivity contribution in [2.24, 2.45) is 0 Å². The number of carbonyl (C=O) groups is 2. The van der Waals surface area contributed by atoms with Crippen LogP contribution in [-0.2, 0) is 4.79 Å². The van der Waals surface area contributed by atoms with Gasteiger partial charge in [-0.15, -0.1) is 0 Å². The Balaban J connectivity index is 1.87. The number of imide groups is 1. The molecule has 3 amide bonds. The molecule has 0 fully saturated rings. The number of carbonyl (C=O) groups excluding carboxylic acids is 2. The van der Waals surface area contributed by atoms with E-state index in [9.17, 15) is 22.8 Å². The highest BCUT2D eigenvalue weighted by molar-refractivity contribution is 5.96. The molecule has 2 aromatic rings. The second-order valence-electron chi connectivity index (χ2n) is 5.11. The SMILES string of the molecule is O=C(CNc1ccccc1Oc1ccccc1)NC(=O)NCC(F)(F)F. The Kier molecular flexibility index (Phi) is 6.42. The highest BCUT2D eigenvalue weighted by Gasteiger charge is 2.27. The number of urea groups is 1. The standard InChI is InChI=1S/C17H16F3N3O3/c18-17(19,20)11-22-16(25)23-15(24)10-21-13-8-4-5-9-14(13)26-12-6-2-1-3-7-12/h1-9,21H,10-11H2,(H2,22,23,24,25). The summed E-state index contributed by atoms with van der Waals surface area (Å²) in [5.41, 5.74) is 0.488. The first-order valence-corrected chi connectivity index (χ1v) is 7.54. The maximum atomic E-state index is 12.0. The normalized spacial score (nSPS) is 10.7. The summed E-state index contributed by atoms with van der Waals surface area (Å²) in [6.07, 6.45) is -4.55. The van der Waals surface area contributed by atoms with Crippen LogP contribution in [0.4, 0.5) is 23.7 Å². The zero-order valence-corrected chi connectivity index (χ0v) is 13.5. The number of hydrogen-bond donors (Lipinski definition) is 3. The summed E-state index contributed by atoms with van der Waals surface area (Å²) in [5.74, 6) is 0.255. The monoisotopic (exact) mass is 367 g/mol. The molecule has 0 aliphatic rings. The summed E-state index contributed by atoms with van der Waals surface area (Å²) in [4.78, 5) is 22.9. The molecule has 0 bridgehead atoms. The molecule has 0 atom stereocenters. The molecule has 26 heavy (non-hydrogen) atoms. The number of benzene rings is 2. The van der Waals surface area contributed by atoms with Gasteiger partial charge in [0, 0.05) is 0 Å². The van der Waals surface area contributed by atoms with Crippen molar-refractivity contribution < 1.29 is 27.5 Å². The number of amides is 3. The van der Waals surface area contributed by atoms with Crippen LogP contribution in [0.25, 0.3) is 0 Å². The number of nitrogens with one attached hydrogen (secondary N) is 3. The molecular formula is C17H16F3N3O3. The minimum atomic E-state index is -4.55. The maximum absolute atomic E-state index is 12.0. The lowest BCUT2D eigenvalue weighted by Crippen LogP contribution is -2.45. The van der Waals surface area contributed by atoms with E-state index in [1.807, 2.05) is 6.07 Å². The van der Waals surface area contributed by atoms with E-state index in [2.05, 4.69) is 5.32 Å². The van der Waals surface area contributed by atoms with Crippen LogP contribution >= 0.6 is 0 Å². The molecule has 0 unspecified atom stereocenters. The zero-order valence-electron chi connectivity index (χ0n) is 13.5. The van der Waals surface area contributed by atoms with Gasteiger partial charge in [-0.25, -0.2) is 4.79 Å². The van der Waals surface area contributed by atoms with Gasteiger partial charge in [-0.2, -0.15) is 13.2 Å². The van der Waals surface area contributed by atoms with Crippen LogP contribution in [0, 0.1) is 0 Å². The molecule has 0 radical (unpaired) electrons. The Hall–Kier alpha value is -3.23. The third-order valence-electron chi connectivity index (χ3n) is 3.00. The number of para-hydroxylation sites is 3. The molecule has 0 heterocycles. The number of hydrogen-bond acceptors (Lipinski definition) is 4. The molecular weight excluding hydrogens is 351 g/mol. The average molecular weight is 367 g/mol. The lowest BCUT2D eigenvalue weighted by Gasteiger charge is -2.13. The molecule has 0 aliphatic carbocycles. The third kappa shape index (κ3) is 6.71. The van der Waals surface area contributed by atoms with Gasteiger partial charge in [0.2, 0.25) is 5.91 Å². The van der Waals surface area contributed by atoms with Crippen LogP contribution in [0.3, 0.4) is 0 Å². The molecule has 138 valence electrons. The first-order chi connectivity index (χ1) is 12.3. The van der Waals surface area contributed by atoms with Crippen molar-refractivity contribution in [3.05, 3.63) is 54.6 Å². The van der Waals surface area contributed by atoms with Crippen molar-refractivity contribution in [2.75, 3.05) is 18.4 Å². The van der Waals surface area contributed by atoms with Gasteiger partial charge in [-0.05, 0) is 24.3 Å². The molecule has 0 spiro atoms. The number of halogens is 3. The third-order valence-corrected chi connectivity index (χ3v) is 3.00. The largest absolute Gasteiger partial charge is 0.455 e. The molecule has 0 aromatic heterocycles. The van der Waals surface area contributed by atoms with Gasteiger partial charge >= 0.3 is 12.2 Å². The van der Waals surface area contributed by atoms with Crippen LogP contribution in [-0.4, -0.2) is 31.2 Å². The van der Waals surface area contributed by atoms with Gasteiger partial charge in [0.05, 0.1) is 12.2 Å². The highest BCUT2D eigenvalue weighted by atomic mass is 19.4. The van der Waals surface area contributed by atoms with E-state index in [1.54, 1.807) is 59.2 Å². The molecule has 0 saturated heterocycles. The summed E-state index contributed by atoms with van der Waals surface area (Å²) in [6, 6.07) is 14.6. The van der Waals surface area contributed by atoms with E-state index in [4.69, 9.17) is 4.74 Å². The lowest BCUT2D eigenvalue weighted by atomic mass is 10.3. The Morgan fingerprint density at radius 2 is 1.62 bits per heavy atom. The van der Waals surface area contributed by atoms with Crippen molar-refractivity contribution in [2.45, 2.75) is 6.18 Å². The Labute approximate surface area is 147 Å².